The zero-order chi connectivity index (χ0) is 18.2. The van der Waals surface area contributed by atoms with E-state index < -0.39 is 6.03 Å². The highest BCUT2D eigenvalue weighted by molar-refractivity contribution is 5.95. The van der Waals surface area contributed by atoms with Crippen molar-refractivity contribution in [1.82, 2.24) is 20.4 Å². The van der Waals surface area contributed by atoms with Crippen molar-refractivity contribution in [2.24, 2.45) is 0 Å². The second-order valence-corrected chi connectivity index (χ2v) is 6.17. The molecule has 0 aliphatic carbocycles. The van der Waals surface area contributed by atoms with Gasteiger partial charge in [-0.25, -0.2) is 4.79 Å². The van der Waals surface area contributed by atoms with E-state index in [0.717, 1.165) is 31.9 Å². The number of methoxy groups -OCH3 is 1. The summed E-state index contributed by atoms with van der Waals surface area (Å²) in [5, 5.41) is 4.90. The molecule has 2 rings (SSSR count). The van der Waals surface area contributed by atoms with Gasteiger partial charge in [-0.3, -0.25) is 19.9 Å². The van der Waals surface area contributed by atoms with Crippen molar-refractivity contribution < 1.29 is 14.3 Å². The van der Waals surface area contributed by atoms with Crippen LogP contribution in [0.5, 0.6) is 5.75 Å². The fourth-order valence-electron chi connectivity index (χ4n) is 2.99. The molecule has 7 heteroatoms. The fourth-order valence-corrected chi connectivity index (χ4v) is 2.99. The molecule has 0 spiro atoms. The topological polar surface area (TPSA) is 73.9 Å². The second kappa shape index (κ2) is 9.39. The van der Waals surface area contributed by atoms with Gasteiger partial charge in [0.05, 0.1) is 13.7 Å². The molecule has 1 heterocycles. The number of nitrogens with zero attached hydrogens (tertiary/aromatic N) is 2. The number of hydrogen-bond acceptors (Lipinski definition) is 5. The Kier molecular flexibility index (Phi) is 7.21. The van der Waals surface area contributed by atoms with Gasteiger partial charge >= 0.3 is 6.03 Å². The van der Waals surface area contributed by atoms with E-state index in [4.69, 9.17) is 4.74 Å². The molecule has 1 aliphatic rings. The van der Waals surface area contributed by atoms with Crippen LogP contribution < -0.4 is 15.4 Å². The average Bonchev–Trinajstić information content (AvgIpc) is 2.62. The molecular formula is C18H28N4O3. The highest BCUT2D eigenvalue weighted by Crippen LogP contribution is 2.24. The molecule has 1 saturated heterocycles. The number of carbonyl (C=O) groups is 2. The molecule has 0 bridgehead atoms. The van der Waals surface area contributed by atoms with Gasteiger partial charge < -0.3 is 10.1 Å². The Hall–Kier alpha value is -2.12. The van der Waals surface area contributed by atoms with Gasteiger partial charge in [0.2, 0.25) is 5.91 Å². The largest absolute Gasteiger partial charge is 0.497 e. The van der Waals surface area contributed by atoms with Crippen molar-refractivity contribution in [3.05, 3.63) is 29.8 Å². The van der Waals surface area contributed by atoms with Crippen LogP contribution in [0.1, 0.15) is 25.5 Å². The first-order valence-electron chi connectivity index (χ1n) is 8.71. The molecule has 0 unspecified atom stereocenters. The summed E-state index contributed by atoms with van der Waals surface area (Å²) in [7, 11) is 1.67. The predicted octanol–water partition coefficient (Wildman–Crippen LogP) is 1.22. The van der Waals surface area contributed by atoms with Crippen LogP contribution in [0.4, 0.5) is 4.79 Å². The molecule has 0 saturated carbocycles. The van der Waals surface area contributed by atoms with E-state index in [1.54, 1.807) is 7.11 Å². The van der Waals surface area contributed by atoms with E-state index in [0.29, 0.717) is 12.6 Å². The maximum absolute atomic E-state index is 11.9. The summed E-state index contributed by atoms with van der Waals surface area (Å²) in [4.78, 5) is 27.7. The highest BCUT2D eigenvalue weighted by Gasteiger charge is 2.23. The number of imide groups is 1. The Morgan fingerprint density at radius 1 is 1.24 bits per heavy atom. The summed E-state index contributed by atoms with van der Waals surface area (Å²) in [6.07, 6.45) is 0. The van der Waals surface area contributed by atoms with Crippen LogP contribution in [0.25, 0.3) is 0 Å². The highest BCUT2D eigenvalue weighted by atomic mass is 16.5. The quantitative estimate of drug-likeness (QED) is 0.809. The van der Waals surface area contributed by atoms with E-state index in [1.807, 2.05) is 19.1 Å². The smallest absolute Gasteiger partial charge is 0.321 e. The predicted molar refractivity (Wildman–Crippen MR) is 96.6 cm³/mol. The van der Waals surface area contributed by atoms with Crippen molar-refractivity contribution in [1.29, 1.82) is 0 Å². The van der Waals surface area contributed by atoms with E-state index in [2.05, 4.69) is 39.5 Å². The summed E-state index contributed by atoms with van der Waals surface area (Å²) >= 11 is 0. The van der Waals surface area contributed by atoms with Gasteiger partial charge in [0.25, 0.3) is 0 Å². The molecule has 0 radical (unpaired) electrons. The lowest BCUT2D eigenvalue weighted by atomic mass is 10.1. The summed E-state index contributed by atoms with van der Waals surface area (Å²) in [5.41, 5.74) is 1.22. The van der Waals surface area contributed by atoms with Crippen LogP contribution in [-0.4, -0.2) is 68.1 Å². The molecule has 2 N–H and O–H groups in total. The lowest BCUT2D eigenvalue weighted by molar-refractivity contribution is -0.121. The first kappa shape index (κ1) is 19.2. The molecule has 0 aromatic heterocycles. The number of rotatable bonds is 6. The number of amides is 3. The normalized spacial score (nSPS) is 16.9. The Bertz CT molecular complexity index is 585. The molecule has 25 heavy (non-hydrogen) atoms. The first-order chi connectivity index (χ1) is 12.0. The standard InChI is InChI=1S/C18H28N4O3/c1-4-19-18(24)20-17(23)13-21-8-10-22(11-9-21)14(2)15-6-5-7-16(12-15)25-3/h5-7,12,14H,4,8-11,13H2,1-3H3,(H2,19,20,23,24)/t14-/m0/s1. The third-order valence-electron chi connectivity index (χ3n) is 4.49. The Morgan fingerprint density at radius 3 is 2.60 bits per heavy atom. The minimum atomic E-state index is -0.433. The molecule has 1 aromatic carbocycles. The van der Waals surface area contributed by atoms with Crippen LogP contribution in [0.3, 0.4) is 0 Å². The molecule has 3 amide bonds. The summed E-state index contributed by atoms with van der Waals surface area (Å²) < 4.78 is 5.30. The van der Waals surface area contributed by atoms with Crippen molar-refractivity contribution in [3.63, 3.8) is 0 Å². The number of carbonyl (C=O) groups excluding carboxylic acids is 2. The van der Waals surface area contributed by atoms with Crippen LogP contribution in [0.15, 0.2) is 24.3 Å². The molecule has 1 aliphatic heterocycles. The summed E-state index contributed by atoms with van der Waals surface area (Å²) in [6.45, 7) is 8.12. The maximum atomic E-state index is 11.9. The van der Waals surface area contributed by atoms with Crippen molar-refractivity contribution in [3.8, 4) is 5.75 Å². The van der Waals surface area contributed by atoms with E-state index >= 15 is 0 Å². The van der Waals surface area contributed by atoms with Gasteiger partial charge in [-0.2, -0.15) is 0 Å². The number of hydrogen-bond donors (Lipinski definition) is 2. The van der Waals surface area contributed by atoms with Crippen LogP contribution in [0, 0.1) is 0 Å². The molecule has 1 atom stereocenters. The number of piperazine rings is 1. The molecule has 1 aromatic rings. The molecule has 138 valence electrons. The third-order valence-corrected chi connectivity index (χ3v) is 4.49. The lowest BCUT2D eigenvalue weighted by Crippen LogP contribution is -2.51. The van der Waals surface area contributed by atoms with Crippen LogP contribution in [-0.2, 0) is 4.79 Å². The summed E-state index contributed by atoms with van der Waals surface area (Å²) in [5.74, 6) is 0.602. The number of ether oxygens (including phenoxy) is 1. The number of urea groups is 1. The third kappa shape index (κ3) is 5.72. The van der Waals surface area contributed by atoms with Crippen LogP contribution in [0.2, 0.25) is 0 Å². The zero-order valence-corrected chi connectivity index (χ0v) is 15.2. The fraction of sp³-hybridized carbons (Fsp3) is 0.556. The van der Waals surface area contributed by atoms with Gasteiger partial charge in [0.1, 0.15) is 5.75 Å². The monoisotopic (exact) mass is 348 g/mol. The molecular weight excluding hydrogens is 320 g/mol. The minimum absolute atomic E-state index is 0.249. The van der Waals surface area contributed by atoms with E-state index in [1.165, 1.54) is 5.56 Å². The molecule has 1 fully saturated rings. The van der Waals surface area contributed by atoms with Crippen LogP contribution >= 0.6 is 0 Å². The van der Waals surface area contributed by atoms with Crippen molar-refractivity contribution >= 4 is 11.9 Å². The van der Waals surface area contributed by atoms with E-state index in [-0.39, 0.29) is 12.5 Å². The number of benzene rings is 1. The van der Waals surface area contributed by atoms with Gasteiger partial charge in [0.15, 0.2) is 0 Å². The lowest BCUT2D eigenvalue weighted by Gasteiger charge is -2.38. The maximum Gasteiger partial charge on any atom is 0.321 e. The Morgan fingerprint density at radius 2 is 1.96 bits per heavy atom. The van der Waals surface area contributed by atoms with Crippen molar-refractivity contribution in [2.45, 2.75) is 19.9 Å². The number of nitrogens with one attached hydrogen (secondary N) is 2. The van der Waals surface area contributed by atoms with Gasteiger partial charge in [0, 0.05) is 38.8 Å². The van der Waals surface area contributed by atoms with Gasteiger partial charge in [-0.05, 0) is 31.5 Å². The Labute approximate surface area is 149 Å². The van der Waals surface area contributed by atoms with Gasteiger partial charge in [-0.15, -0.1) is 0 Å². The minimum Gasteiger partial charge on any atom is -0.497 e. The first-order valence-corrected chi connectivity index (χ1v) is 8.71. The average molecular weight is 348 g/mol. The summed E-state index contributed by atoms with van der Waals surface area (Å²) in [6, 6.07) is 7.99. The SMILES string of the molecule is CCNC(=O)NC(=O)CN1CCN([C@@H](C)c2cccc(OC)c2)CC1. The Balaban J connectivity index is 1.80. The van der Waals surface area contributed by atoms with Gasteiger partial charge in [-0.1, -0.05) is 12.1 Å². The second-order valence-electron chi connectivity index (χ2n) is 6.17. The molecule has 7 nitrogen and oxygen atoms in total. The van der Waals surface area contributed by atoms with E-state index in [9.17, 15) is 9.59 Å². The van der Waals surface area contributed by atoms with Crippen molar-refractivity contribution in [2.75, 3.05) is 46.4 Å². The zero-order valence-electron chi connectivity index (χ0n) is 15.2.